The van der Waals surface area contributed by atoms with E-state index in [0.717, 1.165) is 5.56 Å². The Morgan fingerprint density at radius 1 is 1.04 bits per heavy atom. The Morgan fingerprint density at radius 2 is 1.81 bits per heavy atom. The van der Waals surface area contributed by atoms with Crippen LogP contribution >= 0.6 is 0 Å². The third kappa shape index (κ3) is 6.14. The van der Waals surface area contributed by atoms with Crippen LogP contribution < -0.4 is 14.8 Å². The van der Waals surface area contributed by atoms with E-state index in [1.165, 1.54) is 20.1 Å². The molecule has 7 heteroatoms. The third-order valence-electron chi connectivity index (χ3n) is 3.59. The van der Waals surface area contributed by atoms with Gasteiger partial charge in [0.2, 0.25) is 0 Å². The molecule has 2 rings (SSSR count). The van der Waals surface area contributed by atoms with Crippen molar-refractivity contribution in [1.29, 1.82) is 0 Å². The number of rotatable bonds is 8. The van der Waals surface area contributed by atoms with Gasteiger partial charge in [0.1, 0.15) is 11.5 Å². The van der Waals surface area contributed by atoms with Crippen molar-refractivity contribution in [3.8, 4) is 11.5 Å². The van der Waals surface area contributed by atoms with Gasteiger partial charge in [-0.1, -0.05) is 18.2 Å². The number of benzene rings is 2. The summed E-state index contributed by atoms with van der Waals surface area (Å²) in [6, 6.07) is 11.8. The first kappa shape index (κ1) is 20.0. The molecule has 0 spiro atoms. The highest BCUT2D eigenvalue weighted by Crippen LogP contribution is 2.25. The lowest BCUT2D eigenvalue weighted by molar-refractivity contribution is -0.149. The lowest BCUT2D eigenvalue weighted by atomic mass is 10.1. The van der Waals surface area contributed by atoms with Gasteiger partial charge in [-0.3, -0.25) is 9.59 Å². The average Bonchev–Trinajstić information content (AvgIpc) is 2.65. The van der Waals surface area contributed by atoms with Gasteiger partial charge in [-0.05, 0) is 43.7 Å². The Morgan fingerprint density at radius 3 is 2.52 bits per heavy atom. The highest BCUT2D eigenvalue weighted by Gasteiger charge is 2.12. The summed E-state index contributed by atoms with van der Waals surface area (Å²) >= 11 is 0. The molecule has 0 aliphatic heterocycles. The van der Waals surface area contributed by atoms with Gasteiger partial charge in [0.05, 0.1) is 12.8 Å². The second kappa shape index (κ2) is 9.38. The molecule has 0 aliphatic rings. The molecule has 0 heterocycles. The summed E-state index contributed by atoms with van der Waals surface area (Å²) in [5.74, 6) is -0.422. The fourth-order valence-electron chi connectivity index (χ4n) is 2.24. The maximum absolute atomic E-state index is 12.0. The lowest BCUT2D eigenvalue weighted by Crippen LogP contribution is -2.24. The van der Waals surface area contributed by atoms with Gasteiger partial charge in [0, 0.05) is 5.56 Å². The zero-order valence-corrected chi connectivity index (χ0v) is 15.4. The van der Waals surface area contributed by atoms with E-state index in [-0.39, 0.29) is 12.4 Å². The number of amides is 1. The van der Waals surface area contributed by atoms with Crippen molar-refractivity contribution >= 4 is 23.3 Å². The van der Waals surface area contributed by atoms with Crippen molar-refractivity contribution < 1.29 is 28.6 Å². The lowest BCUT2D eigenvalue weighted by Gasteiger charge is -2.11. The molecule has 1 N–H and O–H groups in total. The van der Waals surface area contributed by atoms with Crippen molar-refractivity contribution in [3.05, 3.63) is 53.6 Å². The number of carbonyl (C=O) groups is 3. The minimum Gasteiger partial charge on any atom is -0.495 e. The van der Waals surface area contributed by atoms with Gasteiger partial charge in [-0.2, -0.15) is 0 Å². The van der Waals surface area contributed by atoms with Crippen LogP contribution in [0.3, 0.4) is 0 Å². The number of Topliss-reactive ketones (excluding diaryl/α,β-unsaturated/α-hetero) is 1. The number of hydrogen-bond acceptors (Lipinski definition) is 6. The predicted octanol–water partition coefficient (Wildman–Crippen LogP) is 2.77. The molecule has 0 saturated carbocycles. The predicted molar refractivity (Wildman–Crippen MR) is 99.3 cm³/mol. The van der Waals surface area contributed by atoms with Crippen LogP contribution in [0.1, 0.15) is 22.8 Å². The number of hydrogen-bond donors (Lipinski definition) is 1. The van der Waals surface area contributed by atoms with E-state index in [2.05, 4.69) is 5.32 Å². The van der Waals surface area contributed by atoms with E-state index < -0.39 is 18.5 Å². The summed E-state index contributed by atoms with van der Waals surface area (Å²) < 4.78 is 15.4. The molecule has 0 unspecified atom stereocenters. The molecule has 1 amide bonds. The second-order valence-electron chi connectivity index (χ2n) is 5.79. The first-order valence-corrected chi connectivity index (χ1v) is 8.23. The molecular formula is C20H21NO6. The molecule has 0 bridgehead atoms. The molecule has 0 radical (unpaired) electrons. The van der Waals surface area contributed by atoms with Crippen LogP contribution in [-0.2, 0) is 14.3 Å². The zero-order chi connectivity index (χ0) is 19.8. The van der Waals surface area contributed by atoms with Gasteiger partial charge >= 0.3 is 5.97 Å². The Labute approximate surface area is 157 Å². The van der Waals surface area contributed by atoms with Crippen molar-refractivity contribution in [2.45, 2.75) is 13.8 Å². The van der Waals surface area contributed by atoms with Crippen LogP contribution in [0.5, 0.6) is 11.5 Å². The fourth-order valence-corrected chi connectivity index (χ4v) is 2.24. The maximum atomic E-state index is 12.0. The number of ketones is 1. The first-order valence-electron chi connectivity index (χ1n) is 8.23. The van der Waals surface area contributed by atoms with E-state index in [0.29, 0.717) is 22.7 Å². The highest BCUT2D eigenvalue weighted by atomic mass is 16.6. The number of aryl methyl sites for hydroxylation is 1. The Balaban J connectivity index is 1.81. The minimum absolute atomic E-state index is 0.105. The number of carbonyl (C=O) groups excluding carboxylic acids is 3. The topological polar surface area (TPSA) is 90.9 Å². The molecule has 142 valence electrons. The molecule has 0 fully saturated rings. The molecule has 0 atom stereocenters. The molecular weight excluding hydrogens is 350 g/mol. The van der Waals surface area contributed by atoms with Gasteiger partial charge in [-0.25, -0.2) is 4.79 Å². The largest absolute Gasteiger partial charge is 0.495 e. The second-order valence-corrected chi connectivity index (χ2v) is 5.79. The summed E-state index contributed by atoms with van der Waals surface area (Å²) in [5.41, 5.74) is 1.92. The fraction of sp³-hybridized carbons (Fsp3) is 0.250. The number of methoxy groups -OCH3 is 1. The molecule has 0 saturated heterocycles. The van der Waals surface area contributed by atoms with Gasteiger partial charge in [0.25, 0.3) is 5.91 Å². The van der Waals surface area contributed by atoms with Crippen LogP contribution in [0.4, 0.5) is 5.69 Å². The first-order chi connectivity index (χ1) is 12.9. The molecule has 7 nitrogen and oxygen atoms in total. The van der Waals surface area contributed by atoms with E-state index in [9.17, 15) is 14.4 Å². The van der Waals surface area contributed by atoms with Crippen LogP contribution in [0.2, 0.25) is 0 Å². The van der Waals surface area contributed by atoms with Crippen molar-refractivity contribution in [2.75, 3.05) is 25.6 Å². The number of esters is 1. The van der Waals surface area contributed by atoms with Gasteiger partial charge in [-0.15, -0.1) is 0 Å². The van der Waals surface area contributed by atoms with E-state index in [1.807, 2.05) is 13.0 Å². The third-order valence-corrected chi connectivity index (χ3v) is 3.59. The number of nitrogens with one attached hydrogen (secondary N) is 1. The van der Waals surface area contributed by atoms with Gasteiger partial charge in [0.15, 0.2) is 19.0 Å². The van der Waals surface area contributed by atoms with Crippen molar-refractivity contribution in [3.63, 3.8) is 0 Å². The number of ether oxygens (including phenoxy) is 3. The summed E-state index contributed by atoms with van der Waals surface area (Å²) in [6.45, 7) is 2.50. The zero-order valence-electron chi connectivity index (χ0n) is 15.4. The summed E-state index contributed by atoms with van der Waals surface area (Å²) in [5, 5.41) is 2.63. The van der Waals surface area contributed by atoms with Crippen LogP contribution in [0, 0.1) is 6.92 Å². The minimum atomic E-state index is -0.699. The smallest absolute Gasteiger partial charge is 0.344 e. The van der Waals surface area contributed by atoms with Crippen LogP contribution in [0.15, 0.2) is 42.5 Å². The van der Waals surface area contributed by atoms with Crippen molar-refractivity contribution in [1.82, 2.24) is 0 Å². The quantitative estimate of drug-likeness (QED) is 0.567. The van der Waals surface area contributed by atoms with Crippen LogP contribution in [0.25, 0.3) is 0 Å². The summed E-state index contributed by atoms with van der Waals surface area (Å²) in [7, 11) is 1.50. The van der Waals surface area contributed by atoms with E-state index in [1.54, 1.807) is 30.3 Å². The monoisotopic (exact) mass is 371 g/mol. The summed E-state index contributed by atoms with van der Waals surface area (Å²) in [6.07, 6.45) is 0. The molecule has 0 aliphatic carbocycles. The standard InChI is InChI=1S/C20H21NO6/c1-13-7-8-18(25-3)17(9-13)21-19(23)11-27-20(24)12-26-16-6-4-5-15(10-16)14(2)22/h4-10H,11-12H2,1-3H3,(H,21,23). The SMILES string of the molecule is COc1ccc(C)cc1NC(=O)COC(=O)COc1cccc(C(C)=O)c1. The van der Waals surface area contributed by atoms with Crippen LogP contribution in [-0.4, -0.2) is 38.0 Å². The average molecular weight is 371 g/mol. The molecule has 0 aromatic heterocycles. The van der Waals surface area contributed by atoms with Gasteiger partial charge < -0.3 is 19.5 Å². The number of anilines is 1. The normalized spacial score (nSPS) is 10.0. The summed E-state index contributed by atoms with van der Waals surface area (Å²) in [4.78, 5) is 35.0. The molecule has 2 aromatic rings. The maximum Gasteiger partial charge on any atom is 0.344 e. The Bertz CT molecular complexity index is 846. The highest BCUT2D eigenvalue weighted by molar-refractivity contribution is 5.95. The molecule has 27 heavy (non-hydrogen) atoms. The Kier molecular flexibility index (Phi) is 6.93. The molecule has 2 aromatic carbocycles. The van der Waals surface area contributed by atoms with E-state index >= 15 is 0 Å². The van der Waals surface area contributed by atoms with Crippen molar-refractivity contribution in [2.24, 2.45) is 0 Å². The van der Waals surface area contributed by atoms with E-state index in [4.69, 9.17) is 14.2 Å². The Hall–Kier alpha value is -3.35.